The van der Waals surface area contributed by atoms with Crippen LogP contribution < -0.4 is 16.0 Å². The van der Waals surface area contributed by atoms with Crippen LogP contribution in [0.15, 0.2) is 60.9 Å². The van der Waals surface area contributed by atoms with Crippen LogP contribution in [-0.2, 0) is 6.54 Å². The van der Waals surface area contributed by atoms with Crippen LogP contribution in [0.4, 0.5) is 22.0 Å². The normalized spacial score (nSPS) is 10.6. The smallest absolute Gasteiger partial charge is 0.319 e. The van der Waals surface area contributed by atoms with Crippen molar-refractivity contribution in [2.24, 2.45) is 0 Å². The Morgan fingerprint density at radius 3 is 2.79 bits per heavy atom. The van der Waals surface area contributed by atoms with Crippen LogP contribution >= 0.6 is 11.6 Å². The fraction of sp³-hybridized carbons (Fsp3) is 0.0556. The molecule has 1 aromatic carbocycles. The van der Waals surface area contributed by atoms with E-state index in [1.165, 1.54) is 0 Å². The third-order valence-corrected chi connectivity index (χ3v) is 3.99. The SMILES string of the molecule is O=C(NCc1nnc2ccc(Nc3cccc(Cl)c3)nn12)Nc1cccnc1. The maximum absolute atomic E-state index is 12.0. The van der Waals surface area contributed by atoms with Crippen LogP contribution in [0, 0.1) is 0 Å². The summed E-state index contributed by atoms with van der Waals surface area (Å²) < 4.78 is 1.57. The fourth-order valence-corrected chi connectivity index (χ4v) is 2.69. The van der Waals surface area contributed by atoms with Crippen molar-refractivity contribution in [1.29, 1.82) is 0 Å². The highest BCUT2D eigenvalue weighted by molar-refractivity contribution is 6.30. The van der Waals surface area contributed by atoms with Gasteiger partial charge in [0.15, 0.2) is 17.3 Å². The average Bonchev–Trinajstić information content (AvgIpc) is 3.09. The Morgan fingerprint density at radius 1 is 1.07 bits per heavy atom. The Bertz CT molecular complexity index is 1110. The highest BCUT2D eigenvalue weighted by Crippen LogP contribution is 2.19. The molecule has 0 aliphatic rings. The van der Waals surface area contributed by atoms with Crippen LogP contribution in [0.5, 0.6) is 0 Å². The summed E-state index contributed by atoms with van der Waals surface area (Å²) in [6.45, 7) is 0.154. The van der Waals surface area contributed by atoms with Crippen LogP contribution in [0.25, 0.3) is 5.65 Å². The first-order valence-electron chi connectivity index (χ1n) is 8.36. The first kappa shape index (κ1) is 17.7. The van der Waals surface area contributed by atoms with Gasteiger partial charge in [-0.05, 0) is 42.5 Å². The number of aromatic nitrogens is 5. The quantitative estimate of drug-likeness (QED) is 0.479. The molecular formula is C18H15ClN8O. The molecule has 3 heterocycles. The van der Waals surface area contributed by atoms with Gasteiger partial charge in [0.1, 0.15) is 0 Å². The number of nitrogens with one attached hydrogen (secondary N) is 3. The summed E-state index contributed by atoms with van der Waals surface area (Å²) in [6.07, 6.45) is 3.19. The van der Waals surface area contributed by atoms with Gasteiger partial charge >= 0.3 is 6.03 Å². The van der Waals surface area contributed by atoms with Crippen molar-refractivity contribution in [1.82, 2.24) is 30.1 Å². The molecule has 0 aliphatic heterocycles. The van der Waals surface area contributed by atoms with Gasteiger partial charge < -0.3 is 16.0 Å². The second-order valence-corrected chi connectivity index (χ2v) is 6.23. The van der Waals surface area contributed by atoms with E-state index in [1.807, 2.05) is 12.1 Å². The van der Waals surface area contributed by atoms with Gasteiger partial charge in [-0.1, -0.05) is 17.7 Å². The molecule has 3 aromatic heterocycles. The maximum atomic E-state index is 12.0. The van der Waals surface area contributed by atoms with Crippen molar-refractivity contribution >= 4 is 40.5 Å². The van der Waals surface area contributed by atoms with Gasteiger partial charge in [0.2, 0.25) is 0 Å². The van der Waals surface area contributed by atoms with E-state index in [-0.39, 0.29) is 12.6 Å². The minimum absolute atomic E-state index is 0.154. The number of rotatable bonds is 5. The summed E-state index contributed by atoms with van der Waals surface area (Å²) in [4.78, 5) is 16.0. The number of pyridine rings is 1. The number of carbonyl (C=O) groups excluding carboxylic acids is 1. The van der Waals surface area contributed by atoms with Crippen molar-refractivity contribution in [3.8, 4) is 0 Å². The lowest BCUT2D eigenvalue weighted by Crippen LogP contribution is -2.29. The minimum Gasteiger partial charge on any atom is -0.339 e. The van der Waals surface area contributed by atoms with Gasteiger partial charge in [0.25, 0.3) is 0 Å². The number of hydrogen-bond donors (Lipinski definition) is 3. The summed E-state index contributed by atoms with van der Waals surface area (Å²) in [5.74, 6) is 1.08. The van der Waals surface area contributed by atoms with E-state index in [1.54, 1.807) is 53.3 Å². The molecule has 9 nitrogen and oxygen atoms in total. The van der Waals surface area contributed by atoms with Crippen molar-refractivity contribution in [2.75, 3.05) is 10.6 Å². The molecule has 2 amide bonds. The predicted molar refractivity (Wildman–Crippen MR) is 106 cm³/mol. The second-order valence-electron chi connectivity index (χ2n) is 5.79. The molecule has 0 radical (unpaired) electrons. The lowest BCUT2D eigenvalue weighted by Gasteiger charge is -2.08. The number of urea groups is 1. The molecule has 0 spiro atoms. The third-order valence-electron chi connectivity index (χ3n) is 3.75. The van der Waals surface area contributed by atoms with E-state index in [0.717, 1.165) is 5.69 Å². The van der Waals surface area contributed by atoms with Crippen molar-refractivity contribution in [3.05, 3.63) is 71.8 Å². The number of nitrogens with zero attached hydrogens (tertiary/aromatic N) is 5. The van der Waals surface area contributed by atoms with Gasteiger partial charge in [-0.2, -0.15) is 4.52 Å². The first-order chi connectivity index (χ1) is 13.7. The Kier molecular flexibility index (Phi) is 4.98. The Morgan fingerprint density at radius 2 is 1.96 bits per heavy atom. The molecule has 140 valence electrons. The zero-order valence-electron chi connectivity index (χ0n) is 14.5. The first-order valence-corrected chi connectivity index (χ1v) is 8.74. The summed E-state index contributed by atoms with van der Waals surface area (Å²) >= 11 is 6.01. The third kappa shape index (κ3) is 4.15. The molecule has 10 heteroatoms. The molecule has 0 saturated heterocycles. The van der Waals surface area contributed by atoms with E-state index < -0.39 is 0 Å². The molecule has 3 N–H and O–H groups in total. The predicted octanol–water partition coefficient (Wildman–Crippen LogP) is 3.24. The maximum Gasteiger partial charge on any atom is 0.319 e. The highest BCUT2D eigenvalue weighted by Gasteiger charge is 2.10. The molecule has 4 rings (SSSR count). The second kappa shape index (κ2) is 7.89. The standard InChI is InChI=1S/C18H15ClN8O/c19-12-3-1-4-13(9-12)22-15-6-7-16-24-25-17(27(16)26-15)11-21-18(28)23-14-5-2-8-20-10-14/h1-10H,11H2,(H,22,26)(H2,21,23,28). The molecular weight excluding hydrogens is 380 g/mol. The monoisotopic (exact) mass is 394 g/mol. The van der Waals surface area contributed by atoms with Gasteiger partial charge in [0.05, 0.1) is 18.4 Å². The van der Waals surface area contributed by atoms with E-state index in [0.29, 0.717) is 28.0 Å². The van der Waals surface area contributed by atoms with Crippen LogP contribution in [-0.4, -0.2) is 30.8 Å². The largest absolute Gasteiger partial charge is 0.339 e. The number of carbonyl (C=O) groups is 1. The summed E-state index contributed by atoms with van der Waals surface area (Å²) in [5, 5.41) is 21.8. The number of halogens is 1. The fourth-order valence-electron chi connectivity index (χ4n) is 2.50. The highest BCUT2D eigenvalue weighted by atomic mass is 35.5. The topological polar surface area (TPSA) is 109 Å². The molecule has 0 aliphatic carbocycles. The Labute approximate surface area is 164 Å². The summed E-state index contributed by atoms with van der Waals surface area (Å²) in [5.41, 5.74) is 1.97. The zero-order chi connectivity index (χ0) is 19.3. The van der Waals surface area contributed by atoms with Gasteiger partial charge in [-0.15, -0.1) is 15.3 Å². The van der Waals surface area contributed by atoms with Crippen molar-refractivity contribution in [2.45, 2.75) is 6.54 Å². The van der Waals surface area contributed by atoms with Crippen LogP contribution in [0.3, 0.4) is 0 Å². The number of hydrogen-bond acceptors (Lipinski definition) is 6. The van der Waals surface area contributed by atoms with Crippen molar-refractivity contribution in [3.63, 3.8) is 0 Å². The van der Waals surface area contributed by atoms with E-state index in [9.17, 15) is 4.79 Å². The molecule has 28 heavy (non-hydrogen) atoms. The molecule has 4 aromatic rings. The van der Waals surface area contributed by atoms with Gasteiger partial charge in [0, 0.05) is 16.9 Å². The minimum atomic E-state index is -0.377. The van der Waals surface area contributed by atoms with E-state index in [2.05, 4.69) is 36.2 Å². The number of benzene rings is 1. The Hall–Kier alpha value is -3.72. The van der Waals surface area contributed by atoms with Gasteiger partial charge in [-0.3, -0.25) is 4.98 Å². The molecule has 0 saturated carbocycles. The lowest BCUT2D eigenvalue weighted by atomic mass is 10.3. The number of fused-ring (bicyclic) bond motifs is 1. The van der Waals surface area contributed by atoms with Crippen LogP contribution in [0.2, 0.25) is 5.02 Å². The lowest BCUT2D eigenvalue weighted by molar-refractivity contribution is 0.251. The summed E-state index contributed by atoms with van der Waals surface area (Å²) in [6, 6.07) is 14.0. The molecule has 0 atom stereocenters. The molecule has 0 unspecified atom stereocenters. The number of anilines is 3. The van der Waals surface area contributed by atoms with E-state index in [4.69, 9.17) is 11.6 Å². The molecule has 0 bridgehead atoms. The van der Waals surface area contributed by atoms with Crippen molar-refractivity contribution < 1.29 is 4.79 Å². The number of amides is 2. The molecule has 0 fully saturated rings. The zero-order valence-corrected chi connectivity index (χ0v) is 15.3. The van der Waals surface area contributed by atoms with E-state index >= 15 is 0 Å². The Balaban J connectivity index is 1.46. The summed E-state index contributed by atoms with van der Waals surface area (Å²) in [7, 11) is 0. The average molecular weight is 395 g/mol. The van der Waals surface area contributed by atoms with Gasteiger partial charge in [-0.25, -0.2) is 4.79 Å². The van der Waals surface area contributed by atoms with Crippen LogP contribution in [0.1, 0.15) is 5.82 Å².